The second kappa shape index (κ2) is 7.05. The van der Waals surface area contributed by atoms with E-state index in [1.807, 2.05) is 12.1 Å². The molecule has 0 amide bonds. The number of carbonyl (C=O) groups is 1. The van der Waals surface area contributed by atoms with E-state index in [-0.39, 0.29) is 0 Å². The summed E-state index contributed by atoms with van der Waals surface area (Å²) in [5, 5.41) is 9.10. The zero-order chi connectivity index (χ0) is 17.1. The fraction of sp³-hybridized carbons (Fsp3) is 0.350. The van der Waals surface area contributed by atoms with Crippen molar-refractivity contribution in [3.8, 4) is 0 Å². The molecular formula is C20H24N2O2. The summed E-state index contributed by atoms with van der Waals surface area (Å²) in [5.41, 5.74) is 5.38. The predicted molar refractivity (Wildman–Crippen MR) is 96.8 cm³/mol. The van der Waals surface area contributed by atoms with Gasteiger partial charge in [-0.05, 0) is 48.7 Å². The number of hydrogen-bond acceptors (Lipinski definition) is 3. The molecule has 0 aliphatic carbocycles. The minimum Gasteiger partial charge on any atom is -0.478 e. The molecule has 0 radical (unpaired) electrons. The third-order valence-corrected chi connectivity index (χ3v) is 4.66. The van der Waals surface area contributed by atoms with Gasteiger partial charge in [0.2, 0.25) is 0 Å². The molecule has 2 aromatic rings. The Kier molecular flexibility index (Phi) is 4.86. The maximum atomic E-state index is 11.1. The molecule has 4 nitrogen and oxygen atoms in total. The number of piperazine rings is 1. The first-order chi connectivity index (χ1) is 11.5. The summed E-state index contributed by atoms with van der Waals surface area (Å²) < 4.78 is 0. The van der Waals surface area contributed by atoms with Gasteiger partial charge < -0.3 is 10.0 Å². The van der Waals surface area contributed by atoms with E-state index in [0.717, 1.165) is 38.3 Å². The van der Waals surface area contributed by atoms with E-state index in [0.29, 0.717) is 5.56 Å². The van der Waals surface area contributed by atoms with Gasteiger partial charge in [-0.3, -0.25) is 4.90 Å². The van der Waals surface area contributed by atoms with Crippen molar-refractivity contribution in [2.45, 2.75) is 20.4 Å². The van der Waals surface area contributed by atoms with E-state index < -0.39 is 5.97 Å². The lowest BCUT2D eigenvalue weighted by atomic mass is 10.1. The van der Waals surface area contributed by atoms with Crippen LogP contribution in [0, 0.1) is 13.8 Å². The first-order valence-corrected chi connectivity index (χ1v) is 8.40. The second-order valence-electron chi connectivity index (χ2n) is 6.56. The lowest BCUT2D eigenvalue weighted by Crippen LogP contribution is -2.46. The molecule has 126 valence electrons. The summed E-state index contributed by atoms with van der Waals surface area (Å²) in [5.74, 6) is -0.864. The Hall–Kier alpha value is -2.33. The lowest BCUT2D eigenvalue weighted by molar-refractivity contribution is 0.0696. The van der Waals surface area contributed by atoms with Crippen molar-refractivity contribution in [1.82, 2.24) is 4.90 Å². The molecule has 1 aliphatic rings. The van der Waals surface area contributed by atoms with Crippen LogP contribution in [0.5, 0.6) is 0 Å². The average Bonchev–Trinajstić information content (AvgIpc) is 2.58. The molecule has 1 heterocycles. The smallest absolute Gasteiger partial charge is 0.335 e. The summed E-state index contributed by atoms with van der Waals surface area (Å²) in [6, 6.07) is 13.9. The second-order valence-corrected chi connectivity index (χ2v) is 6.56. The molecular weight excluding hydrogens is 300 g/mol. The van der Waals surface area contributed by atoms with Crippen molar-refractivity contribution in [3.05, 3.63) is 64.7 Å². The summed E-state index contributed by atoms with van der Waals surface area (Å²) in [6.07, 6.45) is 0. The van der Waals surface area contributed by atoms with Crippen molar-refractivity contribution in [3.63, 3.8) is 0 Å². The highest BCUT2D eigenvalue weighted by atomic mass is 16.4. The topological polar surface area (TPSA) is 43.8 Å². The number of benzene rings is 2. The molecule has 0 spiro atoms. The summed E-state index contributed by atoms with van der Waals surface area (Å²) in [7, 11) is 0. The molecule has 1 saturated heterocycles. The van der Waals surface area contributed by atoms with Crippen molar-refractivity contribution < 1.29 is 9.90 Å². The number of aromatic carboxylic acids is 1. The molecule has 4 heteroatoms. The molecule has 1 N–H and O–H groups in total. The standard InChI is InChI=1S/C20H24N2O2/c1-15-6-7-16(2)19(12-15)22-10-8-21(9-11-22)14-17-4-3-5-18(13-17)20(23)24/h3-7,12-13H,8-11,14H2,1-2H3,(H,23,24). The third-order valence-electron chi connectivity index (χ3n) is 4.66. The van der Waals surface area contributed by atoms with Gasteiger partial charge in [-0.2, -0.15) is 0 Å². The van der Waals surface area contributed by atoms with Crippen LogP contribution >= 0.6 is 0 Å². The number of hydrogen-bond donors (Lipinski definition) is 1. The Morgan fingerprint density at radius 2 is 1.79 bits per heavy atom. The number of rotatable bonds is 4. The fourth-order valence-corrected chi connectivity index (χ4v) is 3.27. The van der Waals surface area contributed by atoms with Crippen LogP contribution in [0.4, 0.5) is 5.69 Å². The Labute approximate surface area is 143 Å². The summed E-state index contributed by atoms with van der Waals surface area (Å²) >= 11 is 0. The highest BCUT2D eigenvalue weighted by Crippen LogP contribution is 2.23. The largest absolute Gasteiger partial charge is 0.478 e. The quantitative estimate of drug-likeness (QED) is 0.937. The highest BCUT2D eigenvalue weighted by molar-refractivity contribution is 5.87. The first-order valence-electron chi connectivity index (χ1n) is 8.40. The molecule has 0 saturated carbocycles. The van der Waals surface area contributed by atoms with Crippen LogP contribution in [-0.2, 0) is 6.54 Å². The zero-order valence-electron chi connectivity index (χ0n) is 14.3. The Balaban J connectivity index is 1.62. The molecule has 0 unspecified atom stereocenters. The van der Waals surface area contributed by atoms with Crippen LogP contribution in [0.2, 0.25) is 0 Å². The first kappa shape index (κ1) is 16.5. The van der Waals surface area contributed by atoms with Gasteiger partial charge in [0.1, 0.15) is 0 Å². The molecule has 0 aromatic heterocycles. The molecule has 3 rings (SSSR count). The molecule has 24 heavy (non-hydrogen) atoms. The van der Waals surface area contributed by atoms with Crippen LogP contribution in [0.25, 0.3) is 0 Å². The van der Waals surface area contributed by atoms with E-state index in [9.17, 15) is 4.79 Å². The van der Waals surface area contributed by atoms with Crippen LogP contribution in [-0.4, -0.2) is 42.2 Å². The Morgan fingerprint density at radius 1 is 1.04 bits per heavy atom. The van der Waals surface area contributed by atoms with Crippen molar-refractivity contribution in [2.75, 3.05) is 31.1 Å². The van der Waals surface area contributed by atoms with Gasteiger partial charge in [0.15, 0.2) is 0 Å². The van der Waals surface area contributed by atoms with Crippen molar-refractivity contribution in [2.24, 2.45) is 0 Å². The molecule has 1 fully saturated rings. The van der Waals surface area contributed by atoms with E-state index in [2.05, 4.69) is 41.8 Å². The molecule has 0 atom stereocenters. The van der Waals surface area contributed by atoms with Gasteiger partial charge in [0.25, 0.3) is 0 Å². The minimum absolute atomic E-state index is 0.363. The molecule has 1 aliphatic heterocycles. The summed E-state index contributed by atoms with van der Waals surface area (Å²) in [4.78, 5) is 15.9. The van der Waals surface area contributed by atoms with Crippen LogP contribution < -0.4 is 4.90 Å². The lowest BCUT2D eigenvalue weighted by Gasteiger charge is -2.37. The van der Waals surface area contributed by atoms with Crippen LogP contribution in [0.3, 0.4) is 0 Å². The van der Waals surface area contributed by atoms with Gasteiger partial charge in [-0.1, -0.05) is 24.3 Å². The molecule has 0 bridgehead atoms. The molecule has 2 aromatic carbocycles. The van der Waals surface area contributed by atoms with E-state index in [4.69, 9.17) is 5.11 Å². The number of anilines is 1. The normalized spacial score (nSPS) is 15.5. The van der Waals surface area contributed by atoms with Gasteiger partial charge >= 0.3 is 5.97 Å². The zero-order valence-corrected chi connectivity index (χ0v) is 14.3. The third kappa shape index (κ3) is 3.77. The highest BCUT2D eigenvalue weighted by Gasteiger charge is 2.18. The number of aryl methyl sites for hydroxylation is 2. The predicted octanol–water partition coefficient (Wildman–Crippen LogP) is 3.32. The van der Waals surface area contributed by atoms with Crippen molar-refractivity contribution >= 4 is 11.7 Å². The van der Waals surface area contributed by atoms with Crippen LogP contribution in [0.1, 0.15) is 27.0 Å². The Bertz CT molecular complexity index is 734. The van der Waals surface area contributed by atoms with Gasteiger partial charge in [0, 0.05) is 38.4 Å². The number of carboxylic acid groups (broad SMARTS) is 1. The SMILES string of the molecule is Cc1ccc(C)c(N2CCN(Cc3cccc(C(=O)O)c3)CC2)c1. The van der Waals surface area contributed by atoms with Gasteiger partial charge in [0.05, 0.1) is 5.56 Å². The monoisotopic (exact) mass is 324 g/mol. The van der Waals surface area contributed by atoms with Gasteiger partial charge in [-0.25, -0.2) is 4.79 Å². The minimum atomic E-state index is -0.864. The van der Waals surface area contributed by atoms with Crippen LogP contribution in [0.15, 0.2) is 42.5 Å². The maximum Gasteiger partial charge on any atom is 0.335 e. The van der Waals surface area contributed by atoms with Crippen molar-refractivity contribution in [1.29, 1.82) is 0 Å². The van der Waals surface area contributed by atoms with E-state index >= 15 is 0 Å². The van der Waals surface area contributed by atoms with E-state index in [1.165, 1.54) is 16.8 Å². The average molecular weight is 324 g/mol. The number of carboxylic acids is 1. The fourth-order valence-electron chi connectivity index (χ4n) is 3.27. The maximum absolute atomic E-state index is 11.1. The number of nitrogens with zero attached hydrogens (tertiary/aromatic N) is 2. The van der Waals surface area contributed by atoms with E-state index in [1.54, 1.807) is 12.1 Å². The summed E-state index contributed by atoms with van der Waals surface area (Å²) in [6.45, 7) is 9.09. The van der Waals surface area contributed by atoms with Gasteiger partial charge in [-0.15, -0.1) is 0 Å². The Morgan fingerprint density at radius 3 is 2.50 bits per heavy atom.